The SMILES string of the molecule is CCc1ncc(CN[C@@H](C)c2cnc(N(C)C3CCCCC3)nc2C)cn1. The first kappa shape index (κ1) is 19.7. The highest BCUT2D eigenvalue weighted by Crippen LogP contribution is 2.25. The molecule has 1 fully saturated rings. The van der Waals surface area contributed by atoms with Gasteiger partial charge in [-0.2, -0.15) is 0 Å². The smallest absolute Gasteiger partial charge is 0.225 e. The van der Waals surface area contributed by atoms with Gasteiger partial charge in [-0.25, -0.2) is 19.9 Å². The van der Waals surface area contributed by atoms with Gasteiger partial charge in [-0.3, -0.25) is 0 Å². The summed E-state index contributed by atoms with van der Waals surface area (Å²) in [6.45, 7) is 7.02. The normalized spacial score (nSPS) is 16.3. The second-order valence-electron chi connectivity index (χ2n) is 7.58. The molecule has 0 radical (unpaired) electrons. The Balaban J connectivity index is 1.61. The fraction of sp³-hybridized carbons (Fsp3) is 0.619. The van der Waals surface area contributed by atoms with Gasteiger partial charge < -0.3 is 10.2 Å². The summed E-state index contributed by atoms with van der Waals surface area (Å²) in [4.78, 5) is 20.4. The van der Waals surface area contributed by atoms with Crippen LogP contribution in [-0.2, 0) is 13.0 Å². The molecule has 27 heavy (non-hydrogen) atoms. The van der Waals surface area contributed by atoms with Gasteiger partial charge in [-0.1, -0.05) is 26.2 Å². The molecule has 0 unspecified atom stereocenters. The largest absolute Gasteiger partial charge is 0.341 e. The Labute approximate surface area is 162 Å². The fourth-order valence-corrected chi connectivity index (χ4v) is 3.73. The molecule has 0 bridgehead atoms. The first-order valence-corrected chi connectivity index (χ1v) is 10.2. The maximum atomic E-state index is 4.80. The monoisotopic (exact) mass is 368 g/mol. The van der Waals surface area contributed by atoms with Crippen LogP contribution in [0.4, 0.5) is 5.95 Å². The number of aryl methyl sites for hydroxylation is 2. The van der Waals surface area contributed by atoms with E-state index in [1.54, 1.807) is 0 Å². The van der Waals surface area contributed by atoms with E-state index in [2.05, 4.69) is 53.0 Å². The molecule has 2 aromatic heterocycles. The summed E-state index contributed by atoms with van der Waals surface area (Å²) in [7, 11) is 2.13. The van der Waals surface area contributed by atoms with Gasteiger partial charge in [0.05, 0.1) is 0 Å². The van der Waals surface area contributed by atoms with Gasteiger partial charge in [0, 0.05) is 67.5 Å². The van der Waals surface area contributed by atoms with Gasteiger partial charge in [0.25, 0.3) is 0 Å². The second-order valence-corrected chi connectivity index (χ2v) is 7.58. The van der Waals surface area contributed by atoms with Gasteiger partial charge in [0.1, 0.15) is 5.82 Å². The minimum atomic E-state index is 0.171. The van der Waals surface area contributed by atoms with Crippen molar-refractivity contribution in [2.45, 2.75) is 77.9 Å². The van der Waals surface area contributed by atoms with Crippen LogP contribution in [0.25, 0.3) is 0 Å². The van der Waals surface area contributed by atoms with Crippen molar-refractivity contribution < 1.29 is 0 Å². The number of nitrogens with one attached hydrogen (secondary N) is 1. The first-order chi connectivity index (χ1) is 13.1. The van der Waals surface area contributed by atoms with Crippen molar-refractivity contribution >= 4 is 5.95 Å². The molecule has 0 aromatic carbocycles. The summed E-state index contributed by atoms with van der Waals surface area (Å²) in [5.74, 6) is 1.73. The molecule has 1 aliphatic rings. The Bertz CT molecular complexity index is 724. The quantitative estimate of drug-likeness (QED) is 0.803. The van der Waals surface area contributed by atoms with Crippen molar-refractivity contribution in [1.29, 1.82) is 0 Å². The lowest BCUT2D eigenvalue weighted by atomic mass is 9.95. The predicted octanol–water partition coefficient (Wildman–Crippen LogP) is 3.76. The number of aromatic nitrogens is 4. The molecule has 1 saturated carbocycles. The molecule has 0 spiro atoms. The van der Waals surface area contributed by atoms with Crippen molar-refractivity contribution in [1.82, 2.24) is 25.3 Å². The average molecular weight is 369 g/mol. The van der Waals surface area contributed by atoms with Crippen LogP contribution in [0.5, 0.6) is 0 Å². The van der Waals surface area contributed by atoms with Crippen LogP contribution in [0.1, 0.15) is 74.6 Å². The van der Waals surface area contributed by atoms with E-state index >= 15 is 0 Å². The Hall–Kier alpha value is -2.08. The summed E-state index contributed by atoms with van der Waals surface area (Å²) < 4.78 is 0. The summed E-state index contributed by atoms with van der Waals surface area (Å²) in [5.41, 5.74) is 3.27. The van der Waals surface area contributed by atoms with Crippen molar-refractivity contribution in [3.05, 3.63) is 41.2 Å². The van der Waals surface area contributed by atoms with E-state index in [0.717, 1.165) is 41.6 Å². The van der Waals surface area contributed by atoms with Crippen LogP contribution in [0.2, 0.25) is 0 Å². The van der Waals surface area contributed by atoms with Crippen LogP contribution < -0.4 is 10.2 Å². The zero-order valence-electron chi connectivity index (χ0n) is 17.1. The molecule has 146 valence electrons. The number of anilines is 1. The number of nitrogens with zero attached hydrogens (tertiary/aromatic N) is 5. The van der Waals surface area contributed by atoms with Crippen LogP contribution in [0.3, 0.4) is 0 Å². The van der Waals surface area contributed by atoms with Crippen LogP contribution in [-0.4, -0.2) is 33.0 Å². The van der Waals surface area contributed by atoms with Crippen molar-refractivity contribution in [3.8, 4) is 0 Å². The Morgan fingerprint density at radius 2 is 1.81 bits per heavy atom. The average Bonchev–Trinajstić information content (AvgIpc) is 2.72. The van der Waals surface area contributed by atoms with Crippen molar-refractivity contribution in [3.63, 3.8) is 0 Å². The van der Waals surface area contributed by atoms with Crippen molar-refractivity contribution in [2.75, 3.05) is 11.9 Å². The second kappa shape index (κ2) is 9.22. The van der Waals surface area contributed by atoms with E-state index in [1.165, 1.54) is 32.1 Å². The zero-order valence-corrected chi connectivity index (χ0v) is 17.1. The summed E-state index contributed by atoms with van der Waals surface area (Å²) in [5, 5.41) is 3.53. The van der Waals surface area contributed by atoms with E-state index in [4.69, 9.17) is 4.98 Å². The lowest BCUT2D eigenvalue weighted by Gasteiger charge is -2.31. The third-order valence-corrected chi connectivity index (χ3v) is 5.60. The van der Waals surface area contributed by atoms with E-state index in [0.29, 0.717) is 6.04 Å². The van der Waals surface area contributed by atoms with Gasteiger partial charge >= 0.3 is 0 Å². The summed E-state index contributed by atoms with van der Waals surface area (Å²) in [6.07, 6.45) is 13.1. The standard InChI is InChI=1S/C21H32N6/c1-5-20-23-12-17(13-24-20)11-22-15(2)19-14-25-21(26-16(19)3)27(4)18-9-7-6-8-10-18/h12-15,18,22H,5-11H2,1-4H3/t15-/m0/s1. The zero-order chi connectivity index (χ0) is 19.2. The lowest BCUT2D eigenvalue weighted by molar-refractivity contribution is 0.423. The Morgan fingerprint density at radius 3 is 2.44 bits per heavy atom. The molecule has 1 aliphatic carbocycles. The molecule has 0 amide bonds. The van der Waals surface area contributed by atoms with Crippen LogP contribution in [0.15, 0.2) is 18.6 Å². The van der Waals surface area contributed by atoms with Crippen LogP contribution in [0, 0.1) is 6.92 Å². The molecule has 2 heterocycles. The van der Waals surface area contributed by atoms with E-state index in [1.807, 2.05) is 18.6 Å². The molecule has 2 aromatic rings. The van der Waals surface area contributed by atoms with Gasteiger partial charge in [0.2, 0.25) is 5.95 Å². The minimum Gasteiger partial charge on any atom is -0.341 e. The van der Waals surface area contributed by atoms with E-state index in [-0.39, 0.29) is 6.04 Å². The third kappa shape index (κ3) is 5.01. The molecular formula is C21H32N6. The predicted molar refractivity (Wildman–Crippen MR) is 109 cm³/mol. The number of hydrogen-bond donors (Lipinski definition) is 1. The molecule has 0 saturated heterocycles. The molecule has 0 aliphatic heterocycles. The molecule has 6 heteroatoms. The molecule has 1 atom stereocenters. The summed E-state index contributed by atoms with van der Waals surface area (Å²) >= 11 is 0. The molecule has 1 N–H and O–H groups in total. The number of rotatable bonds is 7. The topological polar surface area (TPSA) is 66.8 Å². The highest BCUT2D eigenvalue weighted by atomic mass is 15.3. The minimum absolute atomic E-state index is 0.171. The van der Waals surface area contributed by atoms with E-state index < -0.39 is 0 Å². The maximum absolute atomic E-state index is 4.80. The molecule has 6 nitrogen and oxygen atoms in total. The van der Waals surface area contributed by atoms with E-state index in [9.17, 15) is 0 Å². The van der Waals surface area contributed by atoms with Crippen molar-refractivity contribution in [2.24, 2.45) is 0 Å². The van der Waals surface area contributed by atoms with Gasteiger partial charge in [-0.15, -0.1) is 0 Å². The fourth-order valence-electron chi connectivity index (χ4n) is 3.73. The van der Waals surface area contributed by atoms with Gasteiger partial charge in [-0.05, 0) is 26.7 Å². The van der Waals surface area contributed by atoms with Gasteiger partial charge in [0.15, 0.2) is 0 Å². The molecular weight excluding hydrogens is 336 g/mol. The third-order valence-electron chi connectivity index (χ3n) is 5.60. The maximum Gasteiger partial charge on any atom is 0.225 e. The highest BCUT2D eigenvalue weighted by Gasteiger charge is 2.21. The van der Waals surface area contributed by atoms with Crippen LogP contribution >= 0.6 is 0 Å². The molecule has 3 rings (SSSR count). The highest BCUT2D eigenvalue weighted by molar-refractivity contribution is 5.34. The summed E-state index contributed by atoms with van der Waals surface area (Å²) in [6, 6.07) is 0.746. The Morgan fingerprint density at radius 1 is 1.11 bits per heavy atom. The lowest BCUT2D eigenvalue weighted by Crippen LogP contribution is -2.34. The number of hydrogen-bond acceptors (Lipinski definition) is 6. The first-order valence-electron chi connectivity index (χ1n) is 10.2. The Kier molecular flexibility index (Phi) is 6.72.